The van der Waals surface area contributed by atoms with Crippen molar-refractivity contribution in [1.82, 2.24) is 15.8 Å². The Morgan fingerprint density at radius 3 is 2.35 bits per heavy atom. The fourth-order valence-electron chi connectivity index (χ4n) is 2.58. The second-order valence-electron chi connectivity index (χ2n) is 6.38. The maximum atomic E-state index is 12.2. The molecule has 1 aromatic heterocycles. The molecule has 10 heteroatoms. The first-order chi connectivity index (χ1) is 14.4. The van der Waals surface area contributed by atoms with Crippen molar-refractivity contribution in [1.29, 1.82) is 0 Å². The van der Waals surface area contributed by atoms with E-state index in [0.717, 1.165) is 16.8 Å². The zero-order valence-electron chi connectivity index (χ0n) is 16.6. The number of guanidine groups is 1. The van der Waals surface area contributed by atoms with Gasteiger partial charge < -0.3 is 19.9 Å². The van der Waals surface area contributed by atoms with Crippen LogP contribution in [0.5, 0.6) is 5.75 Å². The van der Waals surface area contributed by atoms with Gasteiger partial charge in [0.25, 0.3) is 0 Å². The summed E-state index contributed by atoms with van der Waals surface area (Å²) in [5.74, 6) is 1.40. The molecular weight excluding hydrogens is 524 g/mol. The normalized spacial score (nSPS) is 11.5. The molecular formula is C21H22F3IN4O2. The van der Waals surface area contributed by atoms with Gasteiger partial charge in [-0.1, -0.05) is 47.6 Å². The van der Waals surface area contributed by atoms with Gasteiger partial charge >= 0.3 is 6.18 Å². The van der Waals surface area contributed by atoms with E-state index in [1.807, 2.05) is 36.4 Å². The zero-order chi connectivity index (χ0) is 21.4. The number of rotatable bonds is 7. The van der Waals surface area contributed by atoms with Gasteiger partial charge in [-0.2, -0.15) is 13.2 Å². The van der Waals surface area contributed by atoms with E-state index >= 15 is 0 Å². The first-order valence-corrected chi connectivity index (χ1v) is 9.17. The fourth-order valence-corrected chi connectivity index (χ4v) is 2.58. The lowest BCUT2D eigenvalue weighted by atomic mass is 10.2. The SMILES string of the molecule is CN=C(NCc1ccc(OCC(F)(F)F)cc1)NCc1cc(-c2ccccc2)on1.I. The molecule has 0 aliphatic rings. The molecule has 0 saturated carbocycles. The number of ether oxygens (including phenoxy) is 1. The second-order valence-corrected chi connectivity index (χ2v) is 6.38. The van der Waals surface area contributed by atoms with Crippen molar-refractivity contribution in [3.63, 3.8) is 0 Å². The molecule has 2 N–H and O–H groups in total. The predicted octanol–water partition coefficient (Wildman–Crippen LogP) is 4.77. The molecule has 0 saturated heterocycles. The summed E-state index contributed by atoms with van der Waals surface area (Å²) in [5.41, 5.74) is 2.54. The van der Waals surface area contributed by atoms with Crippen LogP contribution in [0.15, 0.2) is 70.2 Å². The van der Waals surface area contributed by atoms with E-state index in [2.05, 4.69) is 20.8 Å². The Morgan fingerprint density at radius 1 is 1.03 bits per heavy atom. The molecule has 0 unspecified atom stereocenters. The highest BCUT2D eigenvalue weighted by Gasteiger charge is 2.28. The van der Waals surface area contributed by atoms with Crippen LogP contribution < -0.4 is 15.4 Å². The Morgan fingerprint density at radius 2 is 1.71 bits per heavy atom. The van der Waals surface area contributed by atoms with Gasteiger partial charge in [-0.15, -0.1) is 24.0 Å². The number of alkyl halides is 3. The molecule has 2 aromatic carbocycles. The highest BCUT2D eigenvalue weighted by atomic mass is 127. The van der Waals surface area contributed by atoms with Crippen LogP contribution in [-0.2, 0) is 13.1 Å². The molecule has 3 aromatic rings. The number of nitrogens with one attached hydrogen (secondary N) is 2. The van der Waals surface area contributed by atoms with Gasteiger partial charge in [0.2, 0.25) is 0 Å². The smallest absolute Gasteiger partial charge is 0.422 e. The monoisotopic (exact) mass is 546 g/mol. The van der Waals surface area contributed by atoms with Crippen LogP contribution in [0.25, 0.3) is 11.3 Å². The summed E-state index contributed by atoms with van der Waals surface area (Å²) >= 11 is 0. The fraction of sp³-hybridized carbons (Fsp3) is 0.238. The quantitative estimate of drug-likeness (QED) is 0.254. The van der Waals surface area contributed by atoms with Crippen LogP contribution in [0.2, 0.25) is 0 Å². The Bertz CT molecular complexity index is 961. The Hall–Kier alpha value is -2.76. The van der Waals surface area contributed by atoms with Gasteiger partial charge in [0.15, 0.2) is 18.3 Å². The predicted molar refractivity (Wildman–Crippen MR) is 122 cm³/mol. The van der Waals surface area contributed by atoms with Crippen LogP contribution in [0.3, 0.4) is 0 Å². The van der Waals surface area contributed by atoms with Crippen LogP contribution >= 0.6 is 24.0 Å². The number of aliphatic imine (C=N–C) groups is 1. The van der Waals surface area contributed by atoms with E-state index in [1.54, 1.807) is 19.2 Å². The Balaban J connectivity index is 0.00000341. The number of aromatic nitrogens is 1. The lowest BCUT2D eigenvalue weighted by molar-refractivity contribution is -0.153. The van der Waals surface area contributed by atoms with Gasteiger partial charge in [-0.05, 0) is 17.7 Å². The third-order valence-corrected chi connectivity index (χ3v) is 4.06. The molecule has 1 heterocycles. The second kappa shape index (κ2) is 11.6. The number of benzene rings is 2. The minimum absolute atomic E-state index is 0. The lowest BCUT2D eigenvalue weighted by Gasteiger charge is -2.12. The standard InChI is InChI=1S/C21H21F3N4O2.HI/c1-25-20(26-12-15-7-9-18(10-8-15)29-14-21(22,23)24)27-13-17-11-19(30-28-17)16-5-3-2-4-6-16;/h2-11H,12-14H2,1H3,(H2,25,26,27);1H. The molecule has 0 radical (unpaired) electrons. The molecule has 0 spiro atoms. The van der Waals surface area contributed by atoms with Crippen LogP contribution in [0.4, 0.5) is 13.2 Å². The van der Waals surface area contributed by atoms with E-state index in [0.29, 0.717) is 24.8 Å². The average Bonchev–Trinajstić information content (AvgIpc) is 3.22. The van der Waals surface area contributed by atoms with Crippen molar-refractivity contribution >= 4 is 29.9 Å². The third kappa shape index (κ3) is 8.12. The number of hydrogen-bond donors (Lipinski definition) is 2. The van der Waals surface area contributed by atoms with Crippen molar-refractivity contribution in [2.45, 2.75) is 19.3 Å². The highest BCUT2D eigenvalue weighted by Crippen LogP contribution is 2.20. The number of nitrogens with zero attached hydrogens (tertiary/aromatic N) is 2. The Kier molecular flexibility index (Phi) is 9.16. The first-order valence-electron chi connectivity index (χ1n) is 9.17. The molecule has 3 rings (SSSR count). The van der Waals surface area contributed by atoms with Gasteiger partial charge in [0.1, 0.15) is 11.4 Å². The summed E-state index contributed by atoms with van der Waals surface area (Å²) in [6, 6.07) is 17.9. The van der Waals surface area contributed by atoms with Gasteiger partial charge in [0, 0.05) is 25.2 Å². The van der Waals surface area contributed by atoms with E-state index in [9.17, 15) is 13.2 Å². The summed E-state index contributed by atoms with van der Waals surface area (Å²) in [5, 5.41) is 10.3. The molecule has 0 aliphatic carbocycles. The molecule has 0 amide bonds. The van der Waals surface area contributed by atoms with Gasteiger partial charge in [-0.3, -0.25) is 4.99 Å². The van der Waals surface area contributed by atoms with Crippen molar-refractivity contribution in [3.05, 3.63) is 71.9 Å². The highest BCUT2D eigenvalue weighted by molar-refractivity contribution is 14.0. The molecule has 0 fully saturated rings. The van der Waals surface area contributed by atoms with Crippen molar-refractivity contribution in [3.8, 4) is 17.1 Å². The van der Waals surface area contributed by atoms with Crippen LogP contribution in [0.1, 0.15) is 11.3 Å². The average molecular weight is 546 g/mol. The van der Waals surface area contributed by atoms with E-state index in [4.69, 9.17) is 9.26 Å². The largest absolute Gasteiger partial charge is 0.484 e. The lowest BCUT2D eigenvalue weighted by Crippen LogP contribution is -2.36. The summed E-state index contributed by atoms with van der Waals surface area (Å²) < 4.78 is 46.6. The van der Waals surface area contributed by atoms with Crippen LogP contribution in [0, 0.1) is 0 Å². The van der Waals surface area contributed by atoms with Crippen molar-refractivity contribution in [2.24, 2.45) is 4.99 Å². The van der Waals surface area contributed by atoms with Gasteiger partial charge in [0.05, 0.1) is 6.54 Å². The van der Waals surface area contributed by atoms with Crippen molar-refractivity contribution in [2.75, 3.05) is 13.7 Å². The van der Waals surface area contributed by atoms with E-state index in [-0.39, 0.29) is 29.7 Å². The number of hydrogen-bond acceptors (Lipinski definition) is 4. The summed E-state index contributed by atoms with van der Waals surface area (Å²) in [7, 11) is 1.64. The molecule has 0 aliphatic heterocycles. The molecule has 0 bridgehead atoms. The minimum Gasteiger partial charge on any atom is -0.484 e. The van der Waals surface area contributed by atoms with E-state index in [1.165, 1.54) is 12.1 Å². The van der Waals surface area contributed by atoms with Crippen molar-refractivity contribution < 1.29 is 22.4 Å². The maximum Gasteiger partial charge on any atom is 0.422 e. The molecule has 0 atom stereocenters. The number of halogens is 4. The zero-order valence-corrected chi connectivity index (χ0v) is 19.0. The summed E-state index contributed by atoms with van der Waals surface area (Å²) in [4.78, 5) is 4.14. The minimum atomic E-state index is -4.36. The first kappa shape index (κ1) is 24.5. The van der Waals surface area contributed by atoms with Crippen LogP contribution in [-0.4, -0.2) is 30.9 Å². The Labute approximate surface area is 194 Å². The van der Waals surface area contributed by atoms with E-state index < -0.39 is 12.8 Å². The topological polar surface area (TPSA) is 71.7 Å². The molecule has 166 valence electrons. The third-order valence-electron chi connectivity index (χ3n) is 4.06. The summed E-state index contributed by atoms with van der Waals surface area (Å²) in [6.07, 6.45) is -4.36. The summed E-state index contributed by atoms with van der Waals surface area (Å²) in [6.45, 7) is -0.456. The maximum absolute atomic E-state index is 12.2. The molecule has 6 nitrogen and oxygen atoms in total. The molecule has 31 heavy (non-hydrogen) atoms. The van der Waals surface area contributed by atoms with Gasteiger partial charge in [-0.25, -0.2) is 0 Å².